The number of esters is 1. The zero-order valence-corrected chi connectivity index (χ0v) is 11.8. The Morgan fingerprint density at radius 1 is 1.05 bits per heavy atom. The van der Waals surface area contributed by atoms with Crippen molar-refractivity contribution in [2.75, 3.05) is 27.9 Å². The zero-order valence-electron chi connectivity index (χ0n) is 11.8. The molecule has 1 aromatic rings. The summed E-state index contributed by atoms with van der Waals surface area (Å²) in [5, 5.41) is 0. The maximum atomic E-state index is 11.8. The van der Waals surface area contributed by atoms with Crippen LogP contribution in [0.25, 0.3) is 0 Å². The fourth-order valence-electron chi connectivity index (χ4n) is 2.27. The summed E-state index contributed by atoms with van der Waals surface area (Å²) in [6.07, 6.45) is 0.665. The van der Waals surface area contributed by atoms with Crippen molar-refractivity contribution in [1.29, 1.82) is 0 Å². The highest BCUT2D eigenvalue weighted by Gasteiger charge is 2.27. The number of nitrogens with zero attached hydrogens (tertiary/aromatic N) is 1. The molecule has 20 heavy (non-hydrogen) atoms. The first-order valence-electron chi connectivity index (χ1n) is 6.21. The van der Waals surface area contributed by atoms with Gasteiger partial charge in [-0.15, -0.1) is 0 Å². The average molecular weight is 279 g/mol. The van der Waals surface area contributed by atoms with Gasteiger partial charge in [-0.3, -0.25) is 4.79 Å². The number of hydrogen-bond donors (Lipinski definition) is 0. The van der Waals surface area contributed by atoms with Gasteiger partial charge in [0.05, 0.1) is 21.3 Å². The zero-order chi connectivity index (χ0) is 14.7. The summed E-state index contributed by atoms with van der Waals surface area (Å²) < 4.78 is 15.0. The monoisotopic (exact) mass is 279 g/mol. The number of carbonyl (C=O) groups is 2. The predicted octanol–water partition coefficient (Wildman–Crippen LogP) is 0.761. The summed E-state index contributed by atoms with van der Waals surface area (Å²) in [5.41, 5.74) is 2.04. The molecule has 0 fully saturated rings. The van der Waals surface area contributed by atoms with Gasteiger partial charge in [-0.25, -0.2) is 4.79 Å². The van der Waals surface area contributed by atoms with Crippen molar-refractivity contribution in [3.8, 4) is 11.5 Å². The number of methoxy groups -OCH3 is 3. The minimum absolute atomic E-state index is 0.365. The maximum absolute atomic E-state index is 11.8. The molecule has 0 atom stereocenters. The topological polar surface area (TPSA) is 65.1 Å². The molecule has 0 unspecified atom stereocenters. The summed E-state index contributed by atoms with van der Waals surface area (Å²) in [7, 11) is 4.34. The second kappa shape index (κ2) is 5.81. The Labute approximate surface area is 117 Å². The van der Waals surface area contributed by atoms with Crippen molar-refractivity contribution in [2.24, 2.45) is 0 Å². The van der Waals surface area contributed by atoms with Gasteiger partial charge >= 0.3 is 11.9 Å². The van der Waals surface area contributed by atoms with Gasteiger partial charge in [0.1, 0.15) is 0 Å². The Bertz CT molecular complexity index is 541. The van der Waals surface area contributed by atoms with E-state index >= 15 is 0 Å². The van der Waals surface area contributed by atoms with Crippen LogP contribution in [0, 0.1) is 0 Å². The van der Waals surface area contributed by atoms with E-state index in [1.165, 1.54) is 12.0 Å². The van der Waals surface area contributed by atoms with Gasteiger partial charge in [-0.1, -0.05) is 0 Å². The van der Waals surface area contributed by atoms with E-state index in [0.717, 1.165) is 11.1 Å². The van der Waals surface area contributed by atoms with Crippen LogP contribution < -0.4 is 9.47 Å². The average Bonchev–Trinajstić information content (AvgIpc) is 2.51. The van der Waals surface area contributed by atoms with Crippen molar-refractivity contribution in [1.82, 2.24) is 4.90 Å². The highest BCUT2D eigenvalue weighted by Crippen LogP contribution is 2.33. The lowest BCUT2D eigenvalue weighted by molar-refractivity contribution is -0.158. The van der Waals surface area contributed by atoms with E-state index in [-0.39, 0.29) is 0 Å². The fourth-order valence-corrected chi connectivity index (χ4v) is 2.27. The Morgan fingerprint density at radius 3 is 2.20 bits per heavy atom. The van der Waals surface area contributed by atoms with Crippen LogP contribution >= 0.6 is 0 Å². The van der Waals surface area contributed by atoms with Crippen LogP contribution in [0.5, 0.6) is 11.5 Å². The number of fused-ring (bicyclic) bond motifs is 1. The third-order valence-electron chi connectivity index (χ3n) is 3.37. The second-order valence-corrected chi connectivity index (χ2v) is 4.44. The third kappa shape index (κ3) is 2.54. The van der Waals surface area contributed by atoms with Crippen molar-refractivity contribution in [3.05, 3.63) is 23.3 Å². The van der Waals surface area contributed by atoms with Crippen LogP contribution in [0.15, 0.2) is 12.1 Å². The van der Waals surface area contributed by atoms with E-state index in [4.69, 9.17) is 9.47 Å². The minimum Gasteiger partial charge on any atom is -0.493 e. The Balaban J connectivity index is 2.25. The van der Waals surface area contributed by atoms with Crippen LogP contribution in [0.2, 0.25) is 0 Å². The summed E-state index contributed by atoms with van der Waals surface area (Å²) >= 11 is 0. The molecule has 1 aliphatic rings. The first-order valence-corrected chi connectivity index (χ1v) is 6.21. The van der Waals surface area contributed by atoms with Gasteiger partial charge in [-0.2, -0.15) is 0 Å². The molecule has 108 valence electrons. The van der Waals surface area contributed by atoms with Crippen molar-refractivity contribution in [3.63, 3.8) is 0 Å². The van der Waals surface area contributed by atoms with E-state index < -0.39 is 11.9 Å². The molecule has 0 radical (unpaired) electrons. The highest BCUT2D eigenvalue weighted by atomic mass is 16.5. The molecule has 0 spiro atoms. The molecule has 2 rings (SSSR count). The van der Waals surface area contributed by atoms with Gasteiger partial charge in [-0.05, 0) is 29.7 Å². The lowest BCUT2D eigenvalue weighted by Gasteiger charge is -2.28. The normalized spacial score (nSPS) is 13.4. The molecular weight excluding hydrogens is 262 g/mol. The number of hydrogen-bond acceptors (Lipinski definition) is 5. The maximum Gasteiger partial charge on any atom is 0.396 e. The SMILES string of the molecule is COC(=O)C(=O)N1CCc2cc(OC)c(OC)cc2C1. The number of rotatable bonds is 2. The molecule has 1 amide bonds. The summed E-state index contributed by atoms with van der Waals surface area (Å²) in [6, 6.07) is 3.75. The lowest BCUT2D eigenvalue weighted by atomic mass is 9.98. The van der Waals surface area contributed by atoms with Crippen LogP contribution in [0.1, 0.15) is 11.1 Å². The van der Waals surface area contributed by atoms with Gasteiger partial charge in [0.15, 0.2) is 11.5 Å². The molecule has 6 heteroatoms. The van der Waals surface area contributed by atoms with Gasteiger partial charge in [0.25, 0.3) is 0 Å². The Morgan fingerprint density at radius 2 is 1.65 bits per heavy atom. The Kier molecular flexibility index (Phi) is 4.12. The van der Waals surface area contributed by atoms with Gasteiger partial charge < -0.3 is 19.1 Å². The number of carbonyl (C=O) groups excluding carboxylic acids is 2. The van der Waals surface area contributed by atoms with E-state index in [2.05, 4.69) is 4.74 Å². The van der Waals surface area contributed by atoms with Crippen molar-refractivity contribution < 1.29 is 23.8 Å². The van der Waals surface area contributed by atoms with Crippen LogP contribution in [-0.2, 0) is 27.3 Å². The van der Waals surface area contributed by atoms with Crippen molar-refractivity contribution in [2.45, 2.75) is 13.0 Å². The molecule has 0 saturated heterocycles. The van der Waals surface area contributed by atoms with E-state index in [9.17, 15) is 9.59 Å². The molecule has 0 bridgehead atoms. The number of benzene rings is 1. The van der Waals surface area contributed by atoms with E-state index in [1.807, 2.05) is 12.1 Å². The molecular formula is C14H17NO5. The van der Waals surface area contributed by atoms with Crippen LogP contribution in [0.3, 0.4) is 0 Å². The van der Waals surface area contributed by atoms with Gasteiger partial charge in [0.2, 0.25) is 0 Å². The number of ether oxygens (including phenoxy) is 3. The molecule has 1 aromatic carbocycles. The standard InChI is InChI=1S/C14H17NO5/c1-18-11-6-9-4-5-15(13(16)14(17)20-3)8-10(9)7-12(11)19-2/h6-7H,4-5,8H2,1-3H3. The first-order chi connectivity index (χ1) is 9.60. The quantitative estimate of drug-likeness (QED) is 0.591. The Hall–Kier alpha value is -2.24. The molecule has 0 aromatic heterocycles. The van der Waals surface area contributed by atoms with E-state index in [0.29, 0.717) is 31.0 Å². The highest BCUT2D eigenvalue weighted by molar-refractivity contribution is 6.32. The number of amides is 1. The van der Waals surface area contributed by atoms with E-state index in [1.54, 1.807) is 14.2 Å². The molecule has 0 saturated carbocycles. The molecule has 0 aliphatic carbocycles. The summed E-state index contributed by atoms with van der Waals surface area (Å²) in [5.74, 6) is -0.181. The van der Waals surface area contributed by atoms with Gasteiger partial charge in [0, 0.05) is 13.1 Å². The van der Waals surface area contributed by atoms with Crippen LogP contribution in [-0.4, -0.2) is 44.7 Å². The lowest BCUT2D eigenvalue weighted by Crippen LogP contribution is -2.40. The molecule has 0 N–H and O–H groups in total. The van der Waals surface area contributed by atoms with Crippen LogP contribution in [0.4, 0.5) is 0 Å². The minimum atomic E-state index is -0.839. The summed E-state index contributed by atoms with van der Waals surface area (Å²) in [6.45, 7) is 0.847. The summed E-state index contributed by atoms with van der Waals surface area (Å²) in [4.78, 5) is 24.6. The predicted molar refractivity (Wildman–Crippen MR) is 70.7 cm³/mol. The second-order valence-electron chi connectivity index (χ2n) is 4.44. The molecule has 1 aliphatic heterocycles. The first kappa shape index (κ1) is 14.2. The third-order valence-corrected chi connectivity index (χ3v) is 3.37. The largest absolute Gasteiger partial charge is 0.493 e. The fraction of sp³-hybridized carbons (Fsp3) is 0.429. The smallest absolute Gasteiger partial charge is 0.396 e. The molecule has 6 nitrogen and oxygen atoms in total. The van der Waals surface area contributed by atoms with Crippen molar-refractivity contribution >= 4 is 11.9 Å². The molecule has 1 heterocycles.